The number of nitrogens with one attached hydrogen (secondary N) is 1. The number of sulfonamides is 1. The van der Waals surface area contributed by atoms with E-state index in [0.717, 1.165) is 12.8 Å². The number of hydrogen-bond donors (Lipinski definition) is 2. The van der Waals surface area contributed by atoms with E-state index in [1.54, 1.807) is 25.1 Å². The summed E-state index contributed by atoms with van der Waals surface area (Å²) in [6.45, 7) is 6.04. The third-order valence-electron chi connectivity index (χ3n) is 4.28. The molecule has 0 saturated heterocycles. The molecule has 4 nitrogen and oxygen atoms in total. The molecule has 5 heteroatoms. The highest BCUT2D eigenvalue weighted by Gasteiger charge is 2.33. The largest absolute Gasteiger partial charge is 0.398 e. The Morgan fingerprint density at radius 1 is 1.26 bits per heavy atom. The van der Waals surface area contributed by atoms with Crippen LogP contribution in [0.25, 0.3) is 0 Å². The number of nitrogens with two attached hydrogens (primary N) is 1. The molecule has 2 rings (SSSR count). The maximum Gasteiger partial charge on any atom is 0.243 e. The van der Waals surface area contributed by atoms with Gasteiger partial charge in [0.05, 0.1) is 5.69 Å². The van der Waals surface area contributed by atoms with Gasteiger partial charge in [0.15, 0.2) is 0 Å². The van der Waals surface area contributed by atoms with Crippen molar-refractivity contribution < 1.29 is 8.42 Å². The van der Waals surface area contributed by atoms with Crippen LogP contribution in [0.4, 0.5) is 5.69 Å². The molecule has 3 unspecified atom stereocenters. The van der Waals surface area contributed by atoms with Crippen molar-refractivity contribution in [2.24, 2.45) is 11.8 Å². The zero-order valence-electron chi connectivity index (χ0n) is 11.7. The van der Waals surface area contributed by atoms with Crippen molar-refractivity contribution in [3.8, 4) is 0 Å². The maximum absolute atomic E-state index is 12.5. The van der Waals surface area contributed by atoms with Gasteiger partial charge in [-0.1, -0.05) is 26.0 Å². The van der Waals surface area contributed by atoms with Crippen molar-refractivity contribution in [1.29, 1.82) is 0 Å². The Morgan fingerprint density at radius 2 is 1.95 bits per heavy atom. The Balaban J connectivity index is 2.29. The van der Waals surface area contributed by atoms with E-state index < -0.39 is 10.0 Å². The van der Waals surface area contributed by atoms with E-state index in [2.05, 4.69) is 18.6 Å². The predicted octanol–water partition coefficient (Wildman–Crippen LogP) is 2.29. The smallest absolute Gasteiger partial charge is 0.243 e. The average Bonchev–Trinajstić information content (AvgIpc) is 2.60. The molecule has 0 amide bonds. The van der Waals surface area contributed by atoms with Gasteiger partial charge in [0.25, 0.3) is 0 Å². The van der Waals surface area contributed by atoms with Crippen molar-refractivity contribution in [3.63, 3.8) is 0 Å². The maximum atomic E-state index is 12.5. The topological polar surface area (TPSA) is 72.2 Å². The van der Waals surface area contributed by atoms with Crippen molar-refractivity contribution >= 4 is 15.7 Å². The number of rotatable bonds is 3. The molecule has 106 valence electrons. The Morgan fingerprint density at radius 3 is 2.47 bits per heavy atom. The lowest BCUT2D eigenvalue weighted by Gasteiger charge is -2.21. The van der Waals surface area contributed by atoms with Gasteiger partial charge in [0.1, 0.15) is 4.90 Å². The van der Waals surface area contributed by atoms with Crippen LogP contribution in [0.15, 0.2) is 23.1 Å². The van der Waals surface area contributed by atoms with Crippen LogP contribution >= 0.6 is 0 Å². The monoisotopic (exact) mass is 282 g/mol. The number of nitrogen functional groups attached to an aromatic ring is 1. The number of anilines is 1. The second kappa shape index (κ2) is 5.13. The summed E-state index contributed by atoms with van der Waals surface area (Å²) in [7, 11) is -3.54. The van der Waals surface area contributed by atoms with Crippen molar-refractivity contribution in [2.45, 2.75) is 44.6 Å². The second-order valence-corrected chi connectivity index (χ2v) is 7.29. The normalized spacial score (nSPS) is 27.6. The van der Waals surface area contributed by atoms with Crippen molar-refractivity contribution in [2.75, 3.05) is 5.73 Å². The van der Waals surface area contributed by atoms with Crippen molar-refractivity contribution in [1.82, 2.24) is 4.72 Å². The highest BCUT2D eigenvalue weighted by Crippen LogP contribution is 2.33. The average molecular weight is 282 g/mol. The molecule has 1 aromatic rings. The molecule has 1 aliphatic carbocycles. The van der Waals surface area contributed by atoms with E-state index in [-0.39, 0.29) is 10.9 Å². The molecule has 19 heavy (non-hydrogen) atoms. The van der Waals surface area contributed by atoms with E-state index in [9.17, 15) is 8.42 Å². The van der Waals surface area contributed by atoms with Gasteiger partial charge in [-0.05, 0) is 43.2 Å². The van der Waals surface area contributed by atoms with E-state index in [4.69, 9.17) is 5.73 Å². The lowest BCUT2D eigenvalue weighted by molar-refractivity contribution is 0.402. The van der Waals surface area contributed by atoms with Crippen molar-refractivity contribution in [3.05, 3.63) is 23.8 Å². The predicted molar refractivity (Wildman–Crippen MR) is 77.3 cm³/mol. The molecule has 0 aliphatic heterocycles. The third kappa shape index (κ3) is 2.77. The first-order valence-corrected chi connectivity index (χ1v) is 8.18. The molecule has 0 radical (unpaired) electrons. The van der Waals surface area contributed by atoms with Gasteiger partial charge < -0.3 is 5.73 Å². The molecule has 0 heterocycles. The van der Waals surface area contributed by atoms with Crippen LogP contribution < -0.4 is 10.5 Å². The first-order valence-electron chi connectivity index (χ1n) is 6.70. The Hall–Kier alpha value is -1.07. The van der Waals surface area contributed by atoms with Gasteiger partial charge in [0.2, 0.25) is 10.0 Å². The molecule has 3 atom stereocenters. The molecule has 1 aliphatic rings. The fraction of sp³-hybridized carbons (Fsp3) is 0.571. The van der Waals surface area contributed by atoms with Crippen LogP contribution in [0.3, 0.4) is 0 Å². The Kier molecular flexibility index (Phi) is 3.87. The summed E-state index contributed by atoms with van der Waals surface area (Å²) in [6.07, 6.45) is 1.96. The van der Waals surface area contributed by atoms with E-state index in [1.165, 1.54) is 0 Å². The molecule has 0 bridgehead atoms. The summed E-state index contributed by atoms with van der Waals surface area (Å²) in [5, 5.41) is 0. The second-order valence-electron chi connectivity index (χ2n) is 5.63. The van der Waals surface area contributed by atoms with Gasteiger partial charge in [-0.3, -0.25) is 0 Å². The van der Waals surface area contributed by atoms with E-state index in [1.807, 2.05) is 0 Å². The number of hydrogen-bond acceptors (Lipinski definition) is 3. The summed E-state index contributed by atoms with van der Waals surface area (Å²) in [5.41, 5.74) is 6.82. The summed E-state index contributed by atoms with van der Waals surface area (Å²) in [5.74, 6) is 0.918. The van der Waals surface area contributed by atoms with Gasteiger partial charge >= 0.3 is 0 Å². The summed E-state index contributed by atoms with van der Waals surface area (Å²) >= 11 is 0. The standard InChI is InChI=1S/C14H22N2O2S/c1-9-7-8-13(11(9)3)16-19(17,18)14-10(2)5-4-6-12(14)15/h4-6,9,11,13,16H,7-8,15H2,1-3H3. The van der Waals surface area contributed by atoms with Crippen LogP contribution in [0.2, 0.25) is 0 Å². The van der Waals surface area contributed by atoms with E-state index >= 15 is 0 Å². The molecule has 0 aromatic heterocycles. The molecule has 1 fully saturated rings. The minimum atomic E-state index is -3.54. The first-order chi connectivity index (χ1) is 8.83. The van der Waals surface area contributed by atoms with Gasteiger partial charge in [-0.2, -0.15) is 0 Å². The first kappa shape index (κ1) is 14.3. The van der Waals surface area contributed by atoms with Crippen LogP contribution in [0, 0.1) is 18.8 Å². The zero-order valence-corrected chi connectivity index (χ0v) is 12.5. The SMILES string of the molecule is Cc1cccc(N)c1S(=O)(=O)NC1CCC(C)C1C. The van der Waals surface area contributed by atoms with Crippen LogP contribution in [0.1, 0.15) is 32.3 Å². The third-order valence-corrected chi connectivity index (χ3v) is 5.99. The quantitative estimate of drug-likeness (QED) is 0.835. The van der Waals surface area contributed by atoms with Crippen LogP contribution in [0.5, 0.6) is 0 Å². The van der Waals surface area contributed by atoms with Gasteiger partial charge in [-0.25, -0.2) is 13.1 Å². The Labute approximate surface area is 115 Å². The highest BCUT2D eigenvalue weighted by molar-refractivity contribution is 7.89. The summed E-state index contributed by atoms with van der Waals surface area (Å²) in [4.78, 5) is 0.224. The molecule has 1 saturated carbocycles. The lowest BCUT2D eigenvalue weighted by Crippen LogP contribution is -2.37. The fourth-order valence-corrected chi connectivity index (χ4v) is 4.55. The zero-order chi connectivity index (χ0) is 14.2. The molecule has 1 aromatic carbocycles. The minimum Gasteiger partial charge on any atom is -0.398 e. The lowest BCUT2D eigenvalue weighted by atomic mass is 9.98. The highest BCUT2D eigenvalue weighted by atomic mass is 32.2. The number of aryl methyl sites for hydroxylation is 1. The summed E-state index contributed by atoms with van der Waals surface area (Å²) in [6, 6.07) is 5.18. The minimum absolute atomic E-state index is 0.0130. The number of benzene rings is 1. The molecule has 3 N–H and O–H groups in total. The van der Waals surface area contributed by atoms with Crippen LogP contribution in [-0.2, 0) is 10.0 Å². The molecular weight excluding hydrogens is 260 g/mol. The fourth-order valence-electron chi connectivity index (χ4n) is 2.83. The Bertz CT molecular complexity index is 549. The van der Waals surface area contributed by atoms with E-state index in [0.29, 0.717) is 23.1 Å². The van der Waals surface area contributed by atoms with Crippen LogP contribution in [-0.4, -0.2) is 14.5 Å². The summed E-state index contributed by atoms with van der Waals surface area (Å²) < 4.78 is 27.8. The van der Waals surface area contributed by atoms with Gasteiger partial charge in [0, 0.05) is 6.04 Å². The molecular formula is C14H22N2O2S. The van der Waals surface area contributed by atoms with Gasteiger partial charge in [-0.15, -0.1) is 0 Å². The molecule has 0 spiro atoms.